The van der Waals surface area contributed by atoms with E-state index in [1.54, 1.807) is 17.4 Å². The summed E-state index contributed by atoms with van der Waals surface area (Å²) in [6.07, 6.45) is 0.950. The molecule has 1 aromatic carbocycles. The second-order valence-electron chi connectivity index (χ2n) is 5.23. The first-order valence-electron chi connectivity index (χ1n) is 6.99. The number of halogens is 2. The van der Waals surface area contributed by atoms with Gasteiger partial charge >= 0.3 is 0 Å². The topological polar surface area (TPSA) is 41.1 Å². The Balaban J connectivity index is 0.00000176. The summed E-state index contributed by atoms with van der Waals surface area (Å²) in [5.74, 6) is -0.464. The maximum atomic E-state index is 14.4. The number of amides is 1. The second kappa shape index (κ2) is 7.22. The predicted molar refractivity (Wildman–Crippen MR) is 90.4 cm³/mol. The molecule has 1 amide bonds. The van der Waals surface area contributed by atoms with Crippen molar-refractivity contribution >= 4 is 35.3 Å². The molecule has 0 bridgehead atoms. The van der Waals surface area contributed by atoms with Crippen LogP contribution in [-0.2, 0) is 24.2 Å². The largest absolute Gasteiger partial charge is 0.323 e. The summed E-state index contributed by atoms with van der Waals surface area (Å²) < 4.78 is 14.4. The van der Waals surface area contributed by atoms with Crippen molar-refractivity contribution in [3.8, 4) is 0 Å². The maximum Gasteiger partial charge on any atom is 0.229 e. The van der Waals surface area contributed by atoms with Gasteiger partial charge in [0.2, 0.25) is 5.91 Å². The summed E-state index contributed by atoms with van der Waals surface area (Å²) in [7, 11) is 0. The van der Waals surface area contributed by atoms with E-state index in [0.717, 1.165) is 22.5 Å². The Morgan fingerprint density at radius 1 is 1.36 bits per heavy atom. The van der Waals surface area contributed by atoms with Crippen LogP contribution in [0.3, 0.4) is 0 Å². The minimum absolute atomic E-state index is 0. The molecule has 0 fully saturated rings. The van der Waals surface area contributed by atoms with Gasteiger partial charge in [0.05, 0.1) is 12.1 Å². The minimum Gasteiger partial charge on any atom is -0.323 e. The van der Waals surface area contributed by atoms with E-state index in [1.165, 1.54) is 4.88 Å². The summed E-state index contributed by atoms with van der Waals surface area (Å²) in [4.78, 5) is 14.2. The van der Waals surface area contributed by atoms with Crippen LogP contribution in [0.4, 0.5) is 10.1 Å². The molecule has 2 heterocycles. The Hall–Kier alpha value is -1.43. The SMILES string of the molecule is Cc1ccc(CC(=O)Nc2ccc3c(c2F)CCNC3)s1.Cl. The van der Waals surface area contributed by atoms with Crippen molar-refractivity contribution in [3.63, 3.8) is 0 Å². The minimum atomic E-state index is -0.287. The molecule has 1 aliphatic heterocycles. The summed E-state index contributed by atoms with van der Waals surface area (Å²) in [6.45, 7) is 3.47. The molecule has 0 spiro atoms. The molecule has 1 aliphatic rings. The van der Waals surface area contributed by atoms with Gasteiger partial charge in [-0.3, -0.25) is 4.79 Å². The molecule has 0 atom stereocenters. The van der Waals surface area contributed by atoms with E-state index < -0.39 is 0 Å². The lowest BCUT2D eigenvalue weighted by Crippen LogP contribution is -2.25. The Morgan fingerprint density at radius 2 is 2.18 bits per heavy atom. The number of fused-ring (bicyclic) bond motifs is 1. The van der Waals surface area contributed by atoms with Crippen LogP contribution >= 0.6 is 23.7 Å². The highest BCUT2D eigenvalue weighted by atomic mass is 35.5. The average molecular weight is 341 g/mol. The van der Waals surface area contributed by atoms with Gasteiger partial charge in [-0.05, 0) is 49.2 Å². The van der Waals surface area contributed by atoms with E-state index in [4.69, 9.17) is 0 Å². The van der Waals surface area contributed by atoms with Gasteiger partial charge in [0.25, 0.3) is 0 Å². The number of rotatable bonds is 3. The second-order valence-corrected chi connectivity index (χ2v) is 6.60. The number of carbonyl (C=O) groups excluding carboxylic acids is 1. The fourth-order valence-electron chi connectivity index (χ4n) is 2.56. The molecule has 2 aromatic rings. The third kappa shape index (κ3) is 3.66. The number of aryl methyl sites for hydroxylation is 1. The molecule has 0 saturated carbocycles. The zero-order valence-electron chi connectivity index (χ0n) is 12.2. The normalized spacial score (nSPS) is 13.2. The smallest absolute Gasteiger partial charge is 0.229 e. The molecule has 0 radical (unpaired) electrons. The van der Waals surface area contributed by atoms with Gasteiger partial charge < -0.3 is 10.6 Å². The number of benzene rings is 1. The Labute approximate surface area is 139 Å². The lowest BCUT2D eigenvalue weighted by atomic mass is 9.99. The number of nitrogens with one attached hydrogen (secondary N) is 2. The predicted octanol–water partition coefficient (Wildman–Crippen LogP) is 3.44. The van der Waals surface area contributed by atoms with Gasteiger partial charge in [0.1, 0.15) is 5.82 Å². The van der Waals surface area contributed by atoms with Gasteiger partial charge in [-0.1, -0.05) is 6.07 Å². The average Bonchev–Trinajstić information content (AvgIpc) is 2.87. The van der Waals surface area contributed by atoms with Crippen LogP contribution < -0.4 is 10.6 Å². The third-order valence-electron chi connectivity index (χ3n) is 3.61. The van der Waals surface area contributed by atoms with Crippen molar-refractivity contribution in [1.82, 2.24) is 5.32 Å². The van der Waals surface area contributed by atoms with E-state index in [-0.39, 0.29) is 36.2 Å². The van der Waals surface area contributed by atoms with Crippen molar-refractivity contribution in [2.24, 2.45) is 0 Å². The summed E-state index contributed by atoms with van der Waals surface area (Å²) in [5.41, 5.74) is 1.98. The molecule has 2 N–H and O–H groups in total. The fraction of sp³-hybridized carbons (Fsp3) is 0.312. The van der Waals surface area contributed by atoms with E-state index in [2.05, 4.69) is 10.6 Å². The Morgan fingerprint density at radius 3 is 2.91 bits per heavy atom. The van der Waals surface area contributed by atoms with E-state index >= 15 is 0 Å². The molecular weight excluding hydrogens is 323 g/mol. The molecule has 6 heteroatoms. The van der Waals surface area contributed by atoms with Gasteiger partial charge in [-0.15, -0.1) is 23.7 Å². The molecule has 0 unspecified atom stereocenters. The zero-order valence-corrected chi connectivity index (χ0v) is 13.9. The highest BCUT2D eigenvalue weighted by Gasteiger charge is 2.17. The Bertz CT molecular complexity index is 687. The quantitative estimate of drug-likeness (QED) is 0.898. The highest BCUT2D eigenvalue weighted by Crippen LogP contribution is 2.25. The molecular formula is C16H18ClFN2OS. The van der Waals surface area contributed by atoms with Crippen molar-refractivity contribution < 1.29 is 9.18 Å². The summed E-state index contributed by atoms with van der Waals surface area (Å²) >= 11 is 1.59. The van der Waals surface area contributed by atoms with Gasteiger partial charge in [0.15, 0.2) is 0 Å². The lowest BCUT2D eigenvalue weighted by molar-refractivity contribution is -0.115. The van der Waals surface area contributed by atoms with E-state index in [1.807, 2.05) is 25.1 Å². The third-order valence-corrected chi connectivity index (χ3v) is 4.61. The fourth-order valence-corrected chi connectivity index (χ4v) is 3.45. The van der Waals surface area contributed by atoms with Crippen LogP contribution in [0.5, 0.6) is 0 Å². The standard InChI is InChI=1S/C16H17FN2OS.ClH/c1-10-2-4-12(21-10)8-15(20)19-14-5-3-11-9-18-7-6-13(11)16(14)17;/h2-5,18H,6-9H2,1H3,(H,19,20);1H. The number of hydrogen-bond donors (Lipinski definition) is 2. The van der Waals surface area contributed by atoms with Crippen molar-refractivity contribution in [3.05, 3.63) is 51.0 Å². The molecule has 0 aliphatic carbocycles. The van der Waals surface area contributed by atoms with Crippen LogP contribution in [0.1, 0.15) is 20.9 Å². The van der Waals surface area contributed by atoms with Gasteiger partial charge in [-0.25, -0.2) is 4.39 Å². The summed E-state index contributed by atoms with van der Waals surface area (Å²) in [5, 5.41) is 5.90. The van der Waals surface area contributed by atoms with Crippen molar-refractivity contribution in [2.45, 2.75) is 26.3 Å². The first kappa shape index (κ1) is 16.9. The van der Waals surface area contributed by atoms with Crippen LogP contribution in [0.25, 0.3) is 0 Å². The molecule has 118 valence electrons. The van der Waals surface area contributed by atoms with Crippen LogP contribution in [0, 0.1) is 12.7 Å². The first-order valence-corrected chi connectivity index (χ1v) is 7.81. The molecule has 3 nitrogen and oxygen atoms in total. The van der Waals surface area contributed by atoms with E-state index in [0.29, 0.717) is 13.0 Å². The van der Waals surface area contributed by atoms with Crippen LogP contribution in [0.15, 0.2) is 24.3 Å². The number of carbonyl (C=O) groups is 1. The lowest BCUT2D eigenvalue weighted by Gasteiger charge is -2.19. The molecule has 22 heavy (non-hydrogen) atoms. The highest BCUT2D eigenvalue weighted by molar-refractivity contribution is 7.12. The molecule has 0 saturated heterocycles. The molecule has 1 aromatic heterocycles. The van der Waals surface area contributed by atoms with Crippen molar-refractivity contribution in [1.29, 1.82) is 0 Å². The van der Waals surface area contributed by atoms with Crippen LogP contribution in [-0.4, -0.2) is 12.5 Å². The Kier molecular flexibility index (Phi) is 5.56. The molecule has 3 rings (SSSR count). The van der Waals surface area contributed by atoms with Gasteiger partial charge in [0, 0.05) is 16.3 Å². The number of thiophene rings is 1. The maximum absolute atomic E-state index is 14.4. The van der Waals surface area contributed by atoms with E-state index in [9.17, 15) is 9.18 Å². The number of hydrogen-bond acceptors (Lipinski definition) is 3. The summed E-state index contributed by atoms with van der Waals surface area (Å²) in [6, 6.07) is 7.46. The zero-order chi connectivity index (χ0) is 14.8. The van der Waals surface area contributed by atoms with Crippen LogP contribution in [0.2, 0.25) is 0 Å². The number of anilines is 1. The first-order chi connectivity index (χ1) is 10.1. The van der Waals surface area contributed by atoms with Gasteiger partial charge in [-0.2, -0.15) is 0 Å². The monoisotopic (exact) mass is 340 g/mol. The van der Waals surface area contributed by atoms with Crippen molar-refractivity contribution in [2.75, 3.05) is 11.9 Å².